The van der Waals surface area contributed by atoms with Gasteiger partial charge in [-0.15, -0.1) is 6.58 Å². The number of furan rings is 1. The highest BCUT2D eigenvalue weighted by atomic mass is 19.1. The van der Waals surface area contributed by atoms with Gasteiger partial charge in [-0.3, -0.25) is 4.90 Å². The Hall–Kier alpha value is -3.72. The predicted octanol–water partition coefficient (Wildman–Crippen LogP) is 5.18. The zero-order valence-electron chi connectivity index (χ0n) is 20.2. The molecule has 0 spiro atoms. The summed E-state index contributed by atoms with van der Waals surface area (Å²) in [5.74, 6) is 0.807. The normalized spacial score (nSPS) is 12.1. The average Bonchev–Trinajstić information content (AvgIpc) is 3.49. The minimum atomic E-state index is -0.743. The van der Waals surface area contributed by atoms with Crippen molar-refractivity contribution in [3.05, 3.63) is 103 Å². The van der Waals surface area contributed by atoms with E-state index in [1.807, 2.05) is 47.4 Å². The van der Waals surface area contributed by atoms with Crippen molar-refractivity contribution in [2.45, 2.75) is 19.2 Å². The quantitative estimate of drug-likeness (QED) is 0.205. The van der Waals surface area contributed by atoms with Crippen LogP contribution in [-0.2, 0) is 24.9 Å². The Labute approximate surface area is 210 Å². The summed E-state index contributed by atoms with van der Waals surface area (Å²) in [6.07, 6.45) is 2.51. The smallest absolute Gasteiger partial charge is 0.222 e. The molecule has 36 heavy (non-hydrogen) atoms. The van der Waals surface area contributed by atoms with Gasteiger partial charge in [0, 0.05) is 25.7 Å². The van der Waals surface area contributed by atoms with Crippen molar-refractivity contribution in [1.29, 1.82) is 0 Å². The van der Waals surface area contributed by atoms with E-state index >= 15 is 0 Å². The highest BCUT2D eigenvalue weighted by molar-refractivity contribution is 5.65. The summed E-state index contributed by atoms with van der Waals surface area (Å²) >= 11 is 0. The molecule has 0 saturated carbocycles. The molecule has 0 aliphatic heterocycles. The number of para-hydroxylation sites is 1. The van der Waals surface area contributed by atoms with Crippen molar-refractivity contribution in [1.82, 2.24) is 14.7 Å². The molecule has 1 N–H and O–H groups in total. The van der Waals surface area contributed by atoms with E-state index in [1.165, 1.54) is 6.07 Å². The maximum absolute atomic E-state index is 14.5. The second-order valence-corrected chi connectivity index (χ2v) is 8.38. The summed E-state index contributed by atoms with van der Waals surface area (Å²) in [6.45, 7) is 5.26. The highest BCUT2D eigenvalue weighted by Gasteiger charge is 2.24. The third kappa shape index (κ3) is 6.48. The van der Waals surface area contributed by atoms with Crippen LogP contribution in [0.4, 0.5) is 4.39 Å². The maximum Gasteiger partial charge on any atom is 0.222 e. The Morgan fingerprint density at radius 3 is 2.61 bits per heavy atom. The molecule has 0 unspecified atom stereocenters. The fraction of sp³-hybridized carbons (Fsp3) is 0.250. The molecule has 188 valence electrons. The van der Waals surface area contributed by atoms with Crippen LogP contribution in [0, 0.1) is 5.82 Å². The first-order chi connectivity index (χ1) is 17.5. The van der Waals surface area contributed by atoms with Gasteiger partial charge < -0.3 is 19.0 Å². The van der Waals surface area contributed by atoms with Gasteiger partial charge in [0.2, 0.25) is 5.88 Å². The minimum Gasteiger partial charge on any atom is -0.468 e. The number of hydrogen-bond donors (Lipinski definition) is 1. The number of rotatable bonds is 13. The van der Waals surface area contributed by atoms with Gasteiger partial charge in [-0.2, -0.15) is 5.10 Å². The number of ether oxygens (including phenoxy) is 2. The monoisotopic (exact) mass is 491 g/mol. The number of aromatic nitrogens is 2. The van der Waals surface area contributed by atoms with Gasteiger partial charge in [0.15, 0.2) is 11.6 Å². The average molecular weight is 492 g/mol. The first-order valence-corrected chi connectivity index (χ1v) is 11.7. The van der Waals surface area contributed by atoms with Crippen molar-refractivity contribution < 1.29 is 23.4 Å². The molecular formula is C28H30FN3O4. The van der Waals surface area contributed by atoms with Gasteiger partial charge in [0.05, 0.1) is 37.7 Å². The maximum atomic E-state index is 14.5. The van der Waals surface area contributed by atoms with Crippen LogP contribution in [0.5, 0.6) is 11.6 Å². The van der Waals surface area contributed by atoms with Crippen LogP contribution < -0.4 is 4.74 Å². The summed E-state index contributed by atoms with van der Waals surface area (Å²) in [7, 11) is 1.76. The van der Waals surface area contributed by atoms with E-state index in [9.17, 15) is 9.50 Å². The lowest BCUT2D eigenvalue weighted by atomic mass is 10.1. The molecule has 0 saturated heterocycles. The van der Waals surface area contributed by atoms with E-state index in [0.717, 1.165) is 16.9 Å². The van der Waals surface area contributed by atoms with Crippen molar-refractivity contribution in [2.24, 2.45) is 7.05 Å². The number of benzene rings is 2. The number of halogens is 1. The zero-order valence-corrected chi connectivity index (χ0v) is 20.2. The zero-order chi connectivity index (χ0) is 25.3. The standard InChI is InChI=1S/C28H30FN3O4/c1-3-15-34-20-22(33)17-32(18-23-12-9-16-35-23)19-24-27(21-10-5-4-6-11-21)30-31(2)28(24)36-26-14-8-7-13-25(26)29/h3-14,16,22,33H,1,15,17-20H2,2H3/t22-/m1/s1. The third-order valence-corrected chi connectivity index (χ3v) is 5.53. The van der Waals surface area contributed by atoms with Crippen LogP contribution in [0.25, 0.3) is 11.3 Å². The molecule has 1 atom stereocenters. The van der Waals surface area contributed by atoms with Crippen LogP contribution in [0.3, 0.4) is 0 Å². The van der Waals surface area contributed by atoms with E-state index in [2.05, 4.69) is 6.58 Å². The Balaban J connectivity index is 1.69. The lowest BCUT2D eigenvalue weighted by molar-refractivity contribution is 0.0215. The Morgan fingerprint density at radius 2 is 1.89 bits per heavy atom. The number of aliphatic hydroxyl groups is 1. The summed E-state index contributed by atoms with van der Waals surface area (Å²) in [5, 5.41) is 15.4. The molecule has 4 rings (SSSR count). The van der Waals surface area contributed by atoms with Crippen molar-refractivity contribution >= 4 is 0 Å². The predicted molar refractivity (Wildman–Crippen MR) is 135 cm³/mol. The first kappa shape index (κ1) is 25.4. The Bertz CT molecular complexity index is 1240. The van der Waals surface area contributed by atoms with Crippen LogP contribution in [-0.4, -0.2) is 45.6 Å². The second-order valence-electron chi connectivity index (χ2n) is 8.38. The van der Waals surface area contributed by atoms with E-state index < -0.39 is 11.9 Å². The van der Waals surface area contributed by atoms with E-state index in [0.29, 0.717) is 37.8 Å². The second kappa shape index (κ2) is 12.3. The molecule has 0 amide bonds. The fourth-order valence-corrected chi connectivity index (χ4v) is 3.95. The van der Waals surface area contributed by atoms with Gasteiger partial charge in [-0.05, 0) is 24.3 Å². The number of nitrogens with zero attached hydrogens (tertiary/aromatic N) is 3. The molecular weight excluding hydrogens is 461 g/mol. The molecule has 2 aromatic heterocycles. The largest absolute Gasteiger partial charge is 0.468 e. The molecule has 0 radical (unpaired) electrons. The molecule has 8 heteroatoms. The van der Waals surface area contributed by atoms with Crippen molar-refractivity contribution in [3.8, 4) is 22.9 Å². The van der Waals surface area contributed by atoms with E-state index in [-0.39, 0.29) is 12.4 Å². The number of aliphatic hydroxyl groups excluding tert-OH is 1. The van der Waals surface area contributed by atoms with E-state index in [1.54, 1.807) is 42.3 Å². The first-order valence-electron chi connectivity index (χ1n) is 11.7. The van der Waals surface area contributed by atoms with Crippen molar-refractivity contribution in [3.63, 3.8) is 0 Å². The van der Waals surface area contributed by atoms with Gasteiger partial charge >= 0.3 is 0 Å². The summed E-state index contributed by atoms with van der Waals surface area (Å²) in [6, 6.07) is 19.7. The molecule has 0 fully saturated rings. The van der Waals surface area contributed by atoms with Crippen LogP contribution >= 0.6 is 0 Å². The highest BCUT2D eigenvalue weighted by Crippen LogP contribution is 2.35. The van der Waals surface area contributed by atoms with Crippen LogP contribution in [0.2, 0.25) is 0 Å². The molecule has 0 aliphatic rings. The van der Waals surface area contributed by atoms with Gasteiger partial charge in [-0.25, -0.2) is 9.07 Å². The summed E-state index contributed by atoms with van der Waals surface area (Å²) in [5.41, 5.74) is 2.38. The molecule has 7 nitrogen and oxygen atoms in total. The third-order valence-electron chi connectivity index (χ3n) is 5.53. The Morgan fingerprint density at radius 1 is 1.11 bits per heavy atom. The lowest BCUT2D eigenvalue weighted by Crippen LogP contribution is -2.34. The summed E-state index contributed by atoms with van der Waals surface area (Å²) in [4.78, 5) is 2.03. The number of hydrogen-bond acceptors (Lipinski definition) is 6. The topological polar surface area (TPSA) is 72.9 Å². The molecule has 2 heterocycles. The van der Waals surface area contributed by atoms with Crippen LogP contribution in [0.1, 0.15) is 11.3 Å². The molecule has 0 bridgehead atoms. The molecule has 2 aromatic carbocycles. The SMILES string of the molecule is C=CCOC[C@H](O)CN(Cc1ccco1)Cc1c(-c2ccccc2)nn(C)c1Oc1ccccc1F. The van der Waals surface area contributed by atoms with E-state index in [4.69, 9.17) is 19.0 Å². The molecule has 0 aliphatic carbocycles. The molecule has 4 aromatic rings. The van der Waals surface area contributed by atoms with Crippen LogP contribution in [0.15, 0.2) is 90.1 Å². The Kier molecular flexibility index (Phi) is 8.67. The van der Waals surface area contributed by atoms with Gasteiger partial charge in [-0.1, -0.05) is 48.5 Å². The fourth-order valence-electron chi connectivity index (χ4n) is 3.95. The number of aryl methyl sites for hydroxylation is 1. The summed E-state index contributed by atoms with van der Waals surface area (Å²) < 4.78 is 33.2. The van der Waals surface area contributed by atoms with Crippen molar-refractivity contribution in [2.75, 3.05) is 19.8 Å². The lowest BCUT2D eigenvalue weighted by Gasteiger charge is -2.25. The minimum absolute atomic E-state index is 0.108. The van der Waals surface area contributed by atoms with Gasteiger partial charge in [0.25, 0.3) is 0 Å². The van der Waals surface area contributed by atoms with Gasteiger partial charge in [0.1, 0.15) is 11.5 Å².